The van der Waals surface area contributed by atoms with Crippen LogP contribution in [0.15, 0.2) is 23.1 Å². The largest absolute Gasteiger partial charge is 0.375 e. The molecule has 1 aromatic carbocycles. The lowest BCUT2D eigenvalue weighted by Gasteiger charge is -2.33. The predicted octanol–water partition coefficient (Wildman–Crippen LogP) is 2.15. The minimum absolute atomic E-state index is 0.0932. The van der Waals surface area contributed by atoms with Crippen LogP contribution in [-0.2, 0) is 14.8 Å². The summed E-state index contributed by atoms with van der Waals surface area (Å²) in [5.41, 5.74) is 0. The standard InChI is InChI=1S/C14H17F2NO3S/c1-9-4-10-8-17(3-2-14(10)20-9)21(18,19)13-6-11(15)5-12(16)7-13/h5-7,9-10,14H,2-4,8H2,1H3/t9-,10-,14+/m0/s1. The van der Waals surface area contributed by atoms with Gasteiger partial charge in [0.2, 0.25) is 10.0 Å². The maximum absolute atomic E-state index is 13.2. The molecule has 0 radical (unpaired) electrons. The molecule has 3 atom stereocenters. The molecular formula is C14H17F2NO3S. The minimum atomic E-state index is -3.87. The van der Waals surface area contributed by atoms with E-state index >= 15 is 0 Å². The number of hydrogen-bond donors (Lipinski definition) is 0. The quantitative estimate of drug-likeness (QED) is 0.840. The van der Waals surface area contributed by atoms with Gasteiger partial charge >= 0.3 is 0 Å². The Hall–Kier alpha value is -1.05. The second-order valence-corrected chi connectivity index (χ2v) is 7.68. The van der Waals surface area contributed by atoms with Gasteiger partial charge < -0.3 is 4.74 Å². The first-order valence-electron chi connectivity index (χ1n) is 6.98. The lowest BCUT2D eigenvalue weighted by Crippen LogP contribution is -2.44. The number of hydrogen-bond acceptors (Lipinski definition) is 3. The smallest absolute Gasteiger partial charge is 0.243 e. The van der Waals surface area contributed by atoms with Crippen LogP contribution in [0.25, 0.3) is 0 Å². The number of halogens is 2. The van der Waals surface area contributed by atoms with Crippen LogP contribution < -0.4 is 0 Å². The second-order valence-electron chi connectivity index (χ2n) is 5.74. The van der Waals surface area contributed by atoms with Crippen LogP contribution >= 0.6 is 0 Å². The fraction of sp³-hybridized carbons (Fsp3) is 0.571. The van der Waals surface area contributed by atoms with E-state index in [4.69, 9.17) is 4.74 Å². The summed E-state index contributed by atoms with van der Waals surface area (Å²) < 4.78 is 58.6. The Morgan fingerprint density at radius 1 is 1.24 bits per heavy atom. The van der Waals surface area contributed by atoms with Crippen molar-refractivity contribution < 1.29 is 21.9 Å². The van der Waals surface area contributed by atoms with Gasteiger partial charge in [-0.05, 0) is 31.9 Å². The van der Waals surface area contributed by atoms with E-state index in [1.807, 2.05) is 6.92 Å². The van der Waals surface area contributed by atoms with Gasteiger partial charge in [0.05, 0.1) is 17.1 Å². The molecule has 2 aliphatic heterocycles. The zero-order valence-corrected chi connectivity index (χ0v) is 12.4. The summed E-state index contributed by atoms with van der Waals surface area (Å²) in [6.07, 6.45) is 1.66. The van der Waals surface area contributed by atoms with E-state index in [0.29, 0.717) is 25.6 Å². The van der Waals surface area contributed by atoms with Gasteiger partial charge in [-0.15, -0.1) is 0 Å². The van der Waals surface area contributed by atoms with E-state index in [-0.39, 0.29) is 23.0 Å². The Morgan fingerprint density at radius 2 is 1.90 bits per heavy atom. The highest BCUT2D eigenvalue weighted by Crippen LogP contribution is 2.34. The Balaban J connectivity index is 1.85. The highest BCUT2D eigenvalue weighted by atomic mass is 32.2. The summed E-state index contributed by atoms with van der Waals surface area (Å²) in [5, 5.41) is 0. The van der Waals surface area contributed by atoms with Crippen LogP contribution in [0.2, 0.25) is 0 Å². The molecule has 4 nitrogen and oxygen atoms in total. The molecule has 116 valence electrons. The van der Waals surface area contributed by atoms with E-state index in [0.717, 1.165) is 18.6 Å². The molecule has 7 heteroatoms. The predicted molar refractivity (Wildman–Crippen MR) is 72.2 cm³/mol. The van der Waals surface area contributed by atoms with Crippen LogP contribution in [0.1, 0.15) is 19.8 Å². The summed E-state index contributed by atoms with van der Waals surface area (Å²) in [6.45, 7) is 2.63. The maximum atomic E-state index is 13.2. The van der Waals surface area contributed by atoms with Crippen LogP contribution in [0.5, 0.6) is 0 Å². The van der Waals surface area contributed by atoms with Crippen molar-refractivity contribution in [1.82, 2.24) is 4.31 Å². The zero-order valence-electron chi connectivity index (χ0n) is 11.6. The summed E-state index contributed by atoms with van der Waals surface area (Å²) in [5.74, 6) is -1.62. The first-order valence-corrected chi connectivity index (χ1v) is 8.42. The van der Waals surface area contributed by atoms with Crippen LogP contribution in [0, 0.1) is 17.6 Å². The molecule has 0 bridgehead atoms. The number of ether oxygens (including phenoxy) is 1. The molecule has 1 aromatic rings. The van der Waals surface area contributed by atoms with Crippen LogP contribution in [-0.4, -0.2) is 38.0 Å². The van der Waals surface area contributed by atoms with Crippen molar-refractivity contribution in [2.75, 3.05) is 13.1 Å². The lowest BCUT2D eigenvalue weighted by atomic mass is 9.94. The summed E-state index contributed by atoms with van der Waals surface area (Å²) in [4.78, 5) is -0.328. The van der Waals surface area contributed by atoms with Crippen LogP contribution in [0.3, 0.4) is 0 Å². The van der Waals surface area contributed by atoms with E-state index in [9.17, 15) is 17.2 Å². The summed E-state index contributed by atoms with van der Waals surface area (Å²) >= 11 is 0. The van der Waals surface area contributed by atoms with Crippen molar-refractivity contribution >= 4 is 10.0 Å². The number of fused-ring (bicyclic) bond motifs is 1. The van der Waals surface area contributed by atoms with Gasteiger partial charge in [-0.25, -0.2) is 17.2 Å². The monoisotopic (exact) mass is 317 g/mol. The third-order valence-electron chi connectivity index (χ3n) is 4.14. The summed E-state index contributed by atoms with van der Waals surface area (Å²) in [7, 11) is -3.87. The van der Waals surface area contributed by atoms with Crippen LogP contribution in [0.4, 0.5) is 8.78 Å². The normalized spacial score (nSPS) is 30.3. The summed E-state index contributed by atoms with van der Waals surface area (Å²) in [6, 6.07) is 2.38. The molecule has 2 aliphatic rings. The molecule has 0 spiro atoms. The molecule has 2 heterocycles. The first kappa shape index (κ1) is 14.9. The van der Waals surface area contributed by atoms with E-state index in [2.05, 4.69) is 0 Å². The van der Waals surface area contributed by atoms with E-state index in [1.54, 1.807) is 0 Å². The van der Waals surface area contributed by atoms with Crippen molar-refractivity contribution in [3.05, 3.63) is 29.8 Å². The van der Waals surface area contributed by atoms with Crippen molar-refractivity contribution in [1.29, 1.82) is 0 Å². The van der Waals surface area contributed by atoms with Gasteiger partial charge in [-0.1, -0.05) is 0 Å². The SMILES string of the molecule is C[C@H]1C[C@H]2CN(S(=O)(=O)c3cc(F)cc(F)c3)CC[C@H]2O1. The Kier molecular flexibility index (Phi) is 3.75. The molecule has 0 saturated carbocycles. The lowest BCUT2D eigenvalue weighted by molar-refractivity contribution is 0.0206. The molecule has 2 saturated heterocycles. The zero-order chi connectivity index (χ0) is 15.2. The fourth-order valence-corrected chi connectivity index (χ4v) is 4.76. The molecule has 21 heavy (non-hydrogen) atoms. The topological polar surface area (TPSA) is 46.6 Å². The second kappa shape index (κ2) is 5.30. The van der Waals surface area contributed by atoms with Gasteiger partial charge in [0.25, 0.3) is 0 Å². The van der Waals surface area contributed by atoms with Crippen molar-refractivity contribution in [3.63, 3.8) is 0 Å². The van der Waals surface area contributed by atoms with Gasteiger partial charge in [-0.3, -0.25) is 0 Å². The van der Waals surface area contributed by atoms with Crippen molar-refractivity contribution in [3.8, 4) is 0 Å². The molecule has 0 aromatic heterocycles. The highest BCUT2D eigenvalue weighted by Gasteiger charge is 2.41. The molecule has 0 aliphatic carbocycles. The molecule has 0 unspecified atom stereocenters. The van der Waals surface area contributed by atoms with E-state index < -0.39 is 21.7 Å². The van der Waals surface area contributed by atoms with Gasteiger partial charge in [0.1, 0.15) is 11.6 Å². The fourth-order valence-electron chi connectivity index (χ4n) is 3.21. The van der Waals surface area contributed by atoms with Gasteiger partial charge in [0, 0.05) is 25.1 Å². The average Bonchev–Trinajstić information content (AvgIpc) is 2.76. The van der Waals surface area contributed by atoms with E-state index in [1.165, 1.54) is 4.31 Å². The Bertz CT molecular complexity index is 629. The van der Waals surface area contributed by atoms with Crippen molar-refractivity contribution in [2.24, 2.45) is 5.92 Å². The molecule has 0 amide bonds. The Labute approximate surface area is 122 Å². The molecule has 0 N–H and O–H groups in total. The minimum Gasteiger partial charge on any atom is -0.375 e. The highest BCUT2D eigenvalue weighted by molar-refractivity contribution is 7.89. The third-order valence-corrected chi connectivity index (χ3v) is 5.99. The number of rotatable bonds is 2. The molecular weight excluding hydrogens is 300 g/mol. The third kappa shape index (κ3) is 2.82. The van der Waals surface area contributed by atoms with Gasteiger partial charge in [-0.2, -0.15) is 4.31 Å². The average molecular weight is 317 g/mol. The maximum Gasteiger partial charge on any atom is 0.243 e. The first-order chi connectivity index (χ1) is 9.86. The van der Waals surface area contributed by atoms with Crippen molar-refractivity contribution in [2.45, 2.75) is 36.9 Å². The number of sulfonamides is 1. The molecule has 3 rings (SSSR count). The number of nitrogens with zero attached hydrogens (tertiary/aromatic N) is 1. The number of benzene rings is 1. The number of piperidine rings is 1. The Morgan fingerprint density at radius 3 is 2.57 bits per heavy atom. The molecule has 2 fully saturated rings. The van der Waals surface area contributed by atoms with Gasteiger partial charge in [0.15, 0.2) is 0 Å².